The van der Waals surface area contributed by atoms with Crippen molar-refractivity contribution in [2.45, 2.75) is 24.3 Å². The number of hydrogen-bond donors (Lipinski definition) is 2. The van der Waals surface area contributed by atoms with Crippen LogP contribution in [-0.4, -0.2) is 42.9 Å². The molecule has 0 radical (unpaired) electrons. The minimum absolute atomic E-state index is 0.186. The van der Waals surface area contributed by atoms with E-state index in [1.54, 1.807) is 24.3 Å². The van der Waals surface area contributed by atoms with Gasteiger partial charge in [0.15, 0.2) is 0 Å². The number of sulfonamides is 1. The quantitative estimate of drug-likeness (QED) is 0.861. The van der Waals surface area contributed by atoms with E-state index >= 15 is 0 Å². The summed E-state index contributed by atoms with van der Waals surface area (Å²) in [4.78, 5) is 14.6. The number of benzene rings is 1. The molecule has 0 saturated carbocycles. The van der Waals surface area contributed by atoms with E-state index in [1.807, 2.05) is 13.8 Å². The Bertz CT molecular complexity index is 871. The number of nitrogens with zero attached hydrogens (tertiary/aromatic N) is 1. The van der Waals surface area contributed by atoms with Gasteiger partial charge in [0.25, 0.3) is 5.56 Å². The molecule has 1 fully saturated rings. The second-order valence-electron chi connectivity index (χ2n) is 6.09. The second-order valence-corrected chi connectivity index (χ2v) is 7.92. The molecule has 0 unspecified atom stereocenters. The molecule has 1 aromatic carbocycles. The first-order valence-electron chi connectivity index (χ1n) is 7.18. The minimum Gasteiger partial charge on any atom is -0.329 e. The van der Waals surface area contributed by atoms with Gasteiger partial charge in [-0.1, -0.05) is 6.07 Å². The number of nitrogens with one attached hydrogen (secondary N) is 2. The van der Waals surface area contributed by atoms with Gasteiger partial charge in [0.1, 0.15) is 0 Å². The Labute approximate surface area is 129 Å². The Balaban J connectivity index is 2.22. The van der Waals surface area contributed by atoms with Crippen molar-refractivity contribution in [1.29, 1.82) is 0 Å². The zero-order valence-electron chi connectivity index (χ0n) is 12.6. The summed E-state index contributed by atoms with van der Waals surface area (Å²) < 4.78 is 27.7. The first-order valence-corrected chi connectivity index (χ1v) is 8.62. The maximum Gasteiger partial charge on any atom is 0.255 e. The number of hydrogen-bond acceptors (Lipinski definition) is 4. The van der Waals surface area contributed by atoms with E-state index in [0.717, 1.165) is 0 Å². The summed E-state index contributed by atoms with van der Waals surface area (Å²) in [5.41, 5.74) is -0.797. The highest BCUT2D eigenvalue weighted by atomic mass is 32.2. The number of H-pyrrole nitrogens is 1. The average Bonchev–Trinajstić information content (AvgIpc) is 2.46. The second kappa shape index (κ2) is 5.19. The zero-order valence-corrected chi connectivity index (χ0v) is 13.4. The Morgan fingerprint density at radius 3 is 2.68 bits per heavy atom. The lowest BCUT2D eigenvalue weighted by Gasteiger charge is -2.41. The van der Waals surface area contributed by atoms with E-state index in [1.165, 1.54) is 10.5 Å². The van der Waals surface area contributed by atoms with Crippen LogP contribution in [-0.2, 0) is 10.0 Å². The van der Waals surface area contributed by atoms with E-state index in [0.29, 0.717) is 30.4 Å². The lowest BCUT2D eigenvalue weighted by atomic mass is 10.0. The summed E-state index contributed by atoms with van der Waals surface area (Å²) in [7, 11) is -3.67. The maximum absolute atomic E-state index is 13.1. The fraction of sp³-hybridized carbons (Fsp3) is 0.400. The highest BCUT2D eigenvalue weighted by molar-refractivity contribution is 7.89. The van der Waals surface area contributed by atoms with Crippen LogP contribution in [0.3, 0.4) is 0 Å². The van der Waals surface area contributed by atoms with Crippen LogP contribution in [0.5, 0.6) is 0 Å². The van der Waals surface area contributed by atoms with Gasteiger partial charge in [-0.25, -0.2) is 8.42 Å². The van der Waals surface area contributed by atoms with Crippen molar-refractivity contribution in [2.24, 2.45) is 0 Å². The summed E-state index contributed by atoms with van der Waals surface area (Å²) in [6.07, 6.45) is 1.48. The van der Waals surface area contributed by atoms with Crippen LogP contribution in [0.15, 0.2) is 40.2 Å². The first-order chi connectivity index (χ1) is 10.3. The Morgan fingerprint density at radius 2 is 1.95 bits per heavy atom. The van der Waals surface area contributed by atoms with Gasteiger partial charge in [-0.05, 0) is 32.0 Å². The molecule has 1 aliphatic rings. The van der Waals surface area contributed by atoms with Gasteiger partial charge >= 0.3 is 0 Å². The molecule has 118 valence electrons. The molecule has 0 atom stereocenters. The van der Waals surface area contributed by atoms with Gasteiger partial charge < -0.3 is 10.3 Å². The van der Waals surface area contributed by atoms with Gasteiger partial charge in [0, 0.05) is 42.1 Å². The third-order valence-corrected chi connectivity index (χ3v) is 6.24. The van der Waals surface area contributed by atoms with Gasteiger partial charge in [0.2, 0.25) is 10.0 Å². The molecular weight excluding hydrogens is 302 g/mol. The summed E-state index contributed by atoms with van der Waals surface area (Å²) in [5, 5.41) is 4.06. The van der Waals surface area contributed by atoms with Crippen LogP contribution >= 0.6 is 0 Å². The molecule has 7 heteroatoms. The van der Waals surface area contributed by atoms with E-state index in [9.17, 15) is 13.2 Å². The van der Waals surface area contributed by atoms with Crippen molar-refractivity contribution < 1.29 is 8.42 Å². The summed E-state index contributed by atoms with van der Waals surface area (Å²) in [6, 6.07) is 6.45. The normalized spacial score (nSPS) is 19.4. The predicted molar refractivity (Wildman–Crippen MR) is 85.4 cm³/mol. The van der Waals surface area contributed by atoms with Gasteiger partial charge in [-0.15, -0.1) is 0 Å². The SMILES string of the molecule is CC1(C)CNCCN1S(=O)(=O)c1cccc2c(=O)[nH]ccc12. The Hall–Kier alpha value is -1.70. The van der Waals surface area contributed by atoms with Crippen LogP contribution in [0.2, 0.25) is 0 Å². The highest BCUT2D eigenvalue weighted by Crippen LogP contribution is 2.29. The van der Waals surface area contributed by atoms with E-state index in [2.05, 4.69) is 10.3 Å². The van der Waals surface area contributed by atoms with Crippen molar-refractivity contribution in [2.75, 3.05) is 19.6 Å². The first kappa shape index (κ1) is 15.2. The fourth-order valence-electron chi connectivity index (χ4n) is 2.95. The van der Waals surface area contributed by atoms with Crippen LogP contribution in [0.1, 0.15) is 13.8 Å². The van der Waals surface area contributed by atoms with E-state index in [-0.39, 0.29) is 10.5 Å². The molecule has 0 bridgehead atoms. The van der Waals surface area contributed by atoms with Crippen LogP contribution in [0.4, 0.5) is 0 Å². The molecule has 3 rings (SSSR count). The molecule has 6 nitrogen and oxygen atoms in total. The zero-order chi connectivity index (χ0) is 16.0. The Kier molecular flexibility index (Phi) is 3.58. The van der Waals surface area contributed by atoms with Crippen molar-refractivity contribution in [3.05, 3.63) is 40.8 Å². The van der Waals surface area contributed by atoms with Crippen molar-refractivity contribution in [3.8, 4) is 0 Å². The molecule has 1 aliphatic heterocycles. The van der Waals surface area contributed by atoms with Crippen molar-refractivity contribution in [3.63, 3.8) is 0 Å². The third-order valence-electron chi connectivity index (χ3n) is 4.07. The van der Waals surface area contributed by atoms with Crippen LogP contribution in [0, 0.1) is 0 Å². The Morgan fingerprint density at radius 1 is 1.18 bits per heavy atom. The highest BCUT2D eigenvalue weighted by Gasteiger charge is 2.39. The summed E-state index contributed by atoms with van der Waals surface area (Å²) in [6.45, 7) is 5.42. The van der Waals surface area contributed by atoms with Crippen LogP contribution < -0.4 is 10.9 Å². The number of aromatic amines is 1. The number of pyridine rings is 1. The molecule has 2 N–H and O–H groups in total. The molecule has 0 amide bonds. The number of piperazine rings is 1. The monoisotopic (exact) mass is 321 g/mol. The predicted octanol–water partition coefficient (Wildman–Crippen LogP) is 0.901. The minimum atomic E-state index is -3.67. The fourth-order valence-corrected chi connectivity index (χ4v) is 4.94. The summed E-state index contributed by atoms with van der Waals surface area (Å²) >= 11 is 0. The molecular formula is C15H19N3O3S. The smallest absolute Gasteiger partial charge is 0.255 e. The molecule has 0 spiro atoms. The largest absolute Gasteiger partial charge is 0.329 e. The number of aromatic nitrogens is 1. The lowest BCUT2D eigenvalue weighted by Crippen LogP contribution is -2.59. The molecule has 1 aromatic heterocycles. The third kappa shape index (κ3) is 2.35. The average molecular weight is 321 g/mol. The van der Waals surface area contributed by atoms with Gasteiger partial charge in [-0.2, -0.15) is 4.31 Å². The van der Waals surface area contributed by atoms with Crippen LogP contribution in [0.25, 0.3) is 10.8 Å². The topological polar surface area (TPSA) is 82.3 Å². The van der Waals surface area contributed by atoms with E-state index < -0.39 is 15.6 Å². The standard InChI is InChI=1S/C15H19N3O3S/c1-15(2)10-16-8-9-18(15)22(20,21)13-5-3-4-12-11(13)6-7-17-14(12)19/h3-7,16H,8-10H2,1-2H3,(H,17,19). The summed E-state index contributed by atoms with van der Waals surface area (Å²) in [5.74, 6) is 0. The maximum atomic E-state index is 13.1. The van der Waals surface area contributed by atoms with Crippen molar-refractivity contribution in [1.82, 2.24) is 14.6 Å². The number of rotatable bonds is 2. The lowest BCUT2D eigenvalue weighted by molar-refractivity contribution is 0.186. The molecule has 22 heavy (non-hydrogen) atoms. The van der Waals surface area contributed by atoms with Gasteiger partial charge in [0.05, 0.1) is 4.90 Å². The molecule has 2 aromatic rings. The number of fused-ring (bicyclic) bond motifs is 1. The molecule has 0 aliphatic carbocycles. The van der Waals surface area contributed by atoms with Crippen molar-refractivity contribution >= 4 is 20.8 Å². The van der Waals surface area contributed by atoms with Gasteiger partial charge in [-0.3, -0.25) is 4.79 Å². The molecule has 1 saturated heterocycles. The molecule has 2 heterocycles. The van der Waals surface area contributed by atoms with E-state index in [4.69, 9.17) is 0 Å².